The number of likely N-dealkylation sites (tertiary alicyclic amines) is 1. The van der Waals surface area contributed by atoms with Crippen LogP contribution < -0.4 is 5.73 Å². The smallest absolute Gasteiger partial charge is 0.256 e. The second-order valence-corrected chi connectivity index (χ2v) is 5.19. The predicted molar refractivity (Wildman–Crippen MR) is 53.5 cm³/mol. The normalized spacial score (nSPS) is 24.2. The van der Waals surface area contributed by atoms with Gasteiger partial charge in [0.15, 0.2) is 0 Å². The molecule has 0 bridgehead atoms. The number of hydrogen-bond donors (Lipinski definition) is 1. The third-order valence-corrected chi connectivity index (χ3v) is 3.08. The van der Waals surface area contributed by atoms with E-state index in [1.165, 1.54) is 0 Å². The second-order valence-electron chi connectivity index (χ2n) is 5.19. The summed E-state index contributed by atoms with van der Waals surface area (Å²) >= 11 is 0. The Morgan fingerprint density at radius 1 is 1.21 bits per heavy atom. The van der Waals surface area contributed by atoms with Crippen molar-refractivity contribution in [1.29, 1.82) is 0 Å². The molecule has 0 aliphatic carbocycles. The largest absolute Gasteiger partial charge is 0.320 e. The molecule has 0 amide bonds. The van der Waals surface area contributed by atoms with Crippen molar-refractivity contribution in [3.63, 3.8) is 0 Å². The van der Waals surface area contributed by atoms with Crippen molar-refractivity contribution < 1.29 is 8.78 Å². The second kappa shape index (κ2) is 3.74. The van der Waals surface area contributed by atoms with Gasteiger partial charge >= 0.3 is 0 Å². The maximum absolute atomic E-state index is 12.6. The summed E-state index contributed by atoms with van der Waals surface area (Å²) in [5, 5.41) is 0. The number of nitrogens with zero attached hydrogens (tertiary/aromatic N) is 1. The molecule has 4 heteroatoms. The maximum Gasteiger partial charge on any atom is 0.256 e. The van der Waals surface area contributed by atoms with Crippen LogP contribution in [-0.2, 0) is 0 Å². The Balaban J connectivity index is 2.54. The Bertz CT molecular complexity index is 191. The molecule has 1 heterocycles. The average molecular weight is 206 g/mol. The van der Waals surface area contributed by atoms with Crippen molar-refractivity contribution in [2.75, 3.05) is 13.1 Å². The van der Waals surface area contributed by atoms with Crippen LogP contribution >= 0.6 is 0 Å². The first kappa shape index (κ1) is 11.9. The van der Waals surface area contributed by atoms with E-state index in [1.54, 1.807) is 0 Å². The summed E-state index contributed by atoms with van der Waals surface area (Å²) in [6.07, 6.45) is -1.62. The van der Waals surface area contributed by atoms with E-state index < -0.39 is 12.0 Å². The molecule has 2 nitrogen and oxygen atoms in total. The van der Waals surface area contributed by atoms with Gasteiger partial charge in [-0.2, -0.15) is 0 Å². The van der Waals surface area contributed by atoms with Crippen LogP contribution in [0.25, 0.3) is 0 Å². The molecule has 0 aromatic rings. The molecule has 2 N–H and O–H groups in total. The SMILES string of the molecule is CC(C)(C)N1CCC(N)(C(F)F)CC1. The number of hydrogen-bond acceptors (Lipinski definition) is 2. The molecule has 0 saturated carbocycles. The highest BCUT2D eigenvalue weighted by Crippen LogP contribution is 2.29. The summed E-state index contributed by atoms with van der Waals surface area (Å²) in [5.74, 6) is 0. The van der Waals surface area contributed by atoms with Crippen LogP contribution in [0.4, 0.5) is 8.78 Å². The molecule has 1 rings (SSSR count). The lowest BCUT2D eigenvalue weighted by Gasteiger charge is -2.44. The first-order valence-corrected chi connectivity index (χ1v) is 5.08. The molecule has 1 fully saturated rings. The number of halogens is 2. The topological polar surface area (TPSA) is 29.3 Å². The van der Waals surface area contributed by atoms with E-state index in [1.807, 2.05) is 0 Å². The zero-order valence-corrected chi connectivity index (χ0v) is 9.19. The molecule has 14 heavy (non-hydrogen) atoms. The van der Waals surface area contributed by atoms with Crippen molar-refractivity contribution in [3.8, 4) is 0 Å². The lowest BCUT2D eigenvalue weighted by Crippen LogP contribution is -2.58. The lowest BCUT2D eigenvalue weighted by atomic mass is 9.87. The van der Waals surface area contributed by atoms with Crippen molar-refractivity contribution in [1.82, 2.24) is 4.90 Å². The summed E-state index contributed by atoms with van der Waals surface area (Å²) in [6.45, 7) is 7.63. The highest BCUT2D eigenvalue weighted by atomic mass is 19.3. The van der Waals surface area contributed by atoms with Crippen molar-refractivity contribution in [2.24, 2.45) is 5.73 Å². The third kappa shape index (κ3) is 2.42. The Kier molecular flexibility index (Phi) is 3.17. The quantitative estimate of drug-likeness (QED) is 0.709. The molecule has 84 valence electrons. The molecule has 1 aliphatic heterocycles. The Morgan fingerprint density at radius 3 is 1.93 bits per heavy atom. The fourth-order valence-electron chi connectivity index (χ4n) is 1.81. The Hall–Kier alpha value is -0.220. The van der Waals surface area contributed by atoms with Gasteiger partial charge in [-0.3, -0.25) is 4.90 Å². The van der Waals surface area contributed by atoms with Crippen LogP contribution in [0.2, 0.25) is 0 Å². The minimum Gasteiger partial charge on any atom is -0.320 e. The van der Waals surface area contributed by atoms with Gasteiger partial charge in [0.05, 0.1) is 5.54 Å². The Labute approximate surface area is 84.4 Å². The van der Waals surface area contributed by atoms with E-state index in [-0.39, 0.29) is 5.54 Å². The fraction of sp³-hybridized carbons (Fsp3) is 1.00. The molecule has 0 aromatic carbocycles. The summed E-state index contributed by atoms with van der Waals surface area (Å²) < 4.78 is 25.2. The van der Waals surface area contributed by atoms with Gasteiger partial charge in [0.25, 0.3) is 6.43 Å². The van der Waals surface area contributed by atoms with Crippen LogP contribution in [0.3, 0.4) is 0 Å². The third-order valence-electron chi connectivity index (χ3n) is 3.08. The standard InChI is InChI=1S/C10H20F2N2/c1-9(2,3)14-6-4-10(13,5-7-14)8(11)12/h8H,4-7,13H2,1-3H3. The molecular formula is C10H20F2N2. The number of piperidine rings is 1. The van der Waals surface area contributed by atoms with Gasteiger partial charge in [-0.05, 0) is 33.6 Å². The number of rotatable bonds is 1. The minimum absolute atomic E-state index is 0.0590. The van der Waals surface area contributed by atoms with E-state index in [2.05, 4.69) is 25.7 Å². The highest BCUT2D eigenvalue weighted by Gasteiger charge is 2.40. The van der Waals surface area contributed by atoms with Crippen LogP contribution in [0.5, 0.6) is 0 Å². The molecule has 0 unspecified atom stereocenters. The summed E-state index contributed by atoms with van der Waals surface area (Å²) in [7, 11) is 0. The monoisotopic (exact) mass is 206 g/mol. The van der Waals surface area contributed by atoms with Gasteiger partial charge in [-0.15, -0.1) is 0 Å². The van der Waals surface area contributed by atoms with E-state index in [4.69, 9.17) is 5.73 Å². The van der Waals surface area contributed by atoms with Gasteiger partial charge in [-0.25, -0.2) is 8.78 Å². The molecular weight excluding hydrogens is 186 g/mol. The molecule has 0 spiro atoms. The molecule has 0 radical (unpaired) electrons. The maximum atomic E-state index is 12.6. The summed E-state index contributed by atoms with van der Waals surface area (Å²) in [4.78, 5) is 2.21. The first-order chi connectivity index (χ1) is 6.26. The van der Waals surface area contributed by atoms with Gasteiger partial charge < -0.3 is 5.73 Å². The van der Waals surface area contributed by atoms with E-state index in [0.717, 1.165) is 0 Å². The van der Waals surface area contributed by atoms with Gasteiger partial charge in [-0.1, -0.05) is 0 Å². The van der Waals surface area contributed by atoms with Crippen molar-refractivity contribution in [3.05, 3.63) is 0 Å². The van der Waals surface area contributed by atoms with E-state index >= 15 is 0 Å². The first-order valence-electron chi connectivity index (χ1n) is 5.08. The molecule has 0 atom stereocenters. The van der Waals surface area contributed by atoms with Crippen LogP contribution in [0.15, 0.2) is 0 Å². The molecule has 1 saturated heterocycles. The molecule has 0 aromatic heterocycles. The van der Waals surface area contributed by atoms with E-state index in [9.17, 15) is 8.78 Å². The number of alkyl halides is 2. The number of nitrogens with two attached hydrogens (primary N) is 1. The van der Waals surface area contributed by atoms with Crippen molar-refractivity contribution >= 4 is 0 Å². The van der Waals surface area contributed by atoms with Gasteiger partial charge in [0, 0.05) is 18.6 Å². The van der Waals surface area contributed by atoms with Crippen LogP contribution in [0, 0.1) is 0 Å². The summed E-state index contributed by atoms with van der Waals surface area (Å²) in [5.41, 5.74) is 4.44. The zero-order chi connectivity index (χ0) is 11.0. The van der Waals surface area contributed by atoms with Crippen LogP contribution in [-0.4, -0.2) is 35.5 Å². The fourth-order valence-corrected chi connectivity index (χ4v) is 1.81. The Morgan fingerprint density at radius 2 is 1.64 bits per heavy atom. The average Bonchev–Trinajstić information content (AvgIpc) is 2.03. The van der Waals surface area contributed by atoms with Crippen LogP contribution in [0.1, 0.15) is 33.6 Å². The van der Waals surface area contributed by atoms with Crippen molar-refractivity contribution in [2.45, 2.75) is 51.1 Å². The molecule has 1 aliphatic rings. The lowest BCUT2D eigenvalue weighted by molar-refractivity contribution is -0.00830. The predicted octanol–water partition coefficient (Wildman–Crippen LogP) is 1.84. The highest BCUT2D eigenvalue weighted by molar-refractivity contribution is 4.95. The van der Waals surface area contributed by atoms with Gasteiger partial charge in [0.1, 0.15) is 0 Å². The van der Waals surface area contributed by atoms with Gasteiger partial charge in [0.2, 0.25) is 0 Å². The summed E-state index contributed by atoms with van der Waals surface area (Å²) in [6, 6.07) is 0. The van der Waals surface area contributed by atoms with E-state index in [0.29, 0.717) is 25.9 Å². The minimum atomic E-state index is -2.40. The zero-order valence-electron chi connectivity index (χ0n) is 9.19.